The molecule has 1 aromatic heterocycles. The van der Waals surface area contributed by atoms with Crippen molar-refractivity contribution in [3.05, 3.63) is 62.2 Å². The highest BCUT2D eigenvalue weighted by molar-refractivity contribution is 6.31. The predicted octanol–water partition coefficient (Wildman–Crippen LogP) is 3.88. The van der Waals surface area contributed by atoms with Gasteiger partial charge in [-0.15, -0.1) is 0 Å². The number of aromatic nitrogens is 2. The second-order valence-electron chi connectivity index (χ2n) is 5.06. The summed E-state index contributed by atoms with van der Waals surface area (Å²) in [5.41, 5.74) is 3.13. The van der Waals surface area contributed by atoms with E-state index in [1.807, 2.05) is 25.1 Å². The first-order chi connectivity index (χ1) is 10.6. The third-order valence-electron chi connectivity index (χ3n) is 3.54. The zero-order chi connectivity index (χ0) is 15.7. The van der Waals surface area contributed by atoms with Gasteiger partial charge in [0.15, 0.2) is 0 Å². The highest BCUT2D eigenvalue weighted by Crippen LogP contribution is 2.29. The highest BCUT2D eigenvalue weighted by Gasteiger charge is 2.22. The SMILES string of the molecule is Cc1ccc(CCc2ccc3nonc3c2[N+](=O)[O-])c(Cl)c1. The molecule has 2 aromatic carbocycles. The average Bonchev–Trinajstić information content (AvgIpc) is 2.93. The maximum Gasteiger partial charge on any atom is 0.303 e. The Kier molecular flexibility index (Phi) is 3.77. The second kappa shape index (κ2) is 5.73. The first-order valence-electron chi connectivity index (χ1n) is 6.70. The molecule has 0 amide bonds. The van der Waals surface area contributed by atoms with Crippen LogP contribution in [0.25, 0.3) is 11.0 Å². The van der Waals surface area contributed by atoms with E-state index >= 15 is 0 Å². The monoisotopic (exact) mass is 317 g/mol. The number of fused-ring (bicyclic) bond motifs is 1. The topological polar surface area (TPSA) is 82.1 Å². The van der Waals surface area contributed by atoms with Gasteiger partial charge in [0.2, 0.25) is 5.52 Å². The maximum atomic E-state index is 11.3. The van der Waals surface area contributed by atoms with E-state index in [0.29, 0.717) is 28.9 Å². The Balaban J connectivity index is 1.93. The molecule has 0 aliphatic heterocycles. The van der Waals surface area contributed by atoms with Crippen molar-refractivity contribution in [1.29, 1.82) is 0 Å². The molecule has 7 heteroatoms. The number of hydrogen-bond acceptors (Lipinski definition) is 5. The number of aryl methyl sites for hydroxylation is 3. The molecule has 1 heterocycles. The second-order valence-corrected chi connectivity index (χ2v) is 5.46. The smallest absolute Gasteiger partial charge is 0.258 e. The number of hydrogen-bond donors (Lipinski definition) is 0. The zero-order valence-corrected chi connectivity index (χ0v) is 12.5. The van der Waals surface area contributed by atoms with Crippen LogP contribution in [0.4, 0.5) is 5.69 Å². The van der Waals surface area contributed by atoms with Gasteiger partial charge in [-0.3, -0.25) is 10.1 Å². The van der Waals surface area contributed by atoms with E-state index in [4.69, 9.17) is 11.6 Å². The molecule has 3 rings (SSSR count). The Morgan fingerprint density at radius 2 is 1.91 bits per heavy atom. The summed E-state index contributed by atoms with van der Waals surface area (Å²) in [5, 5.41) is 19.3. The molecule has 0 radical (unpaired) electrons. The molecule has 3 aromatic rings. The van der Waals surface area contributed by atoms with Crippen molar-refractivity contribution < 1.29 is 9.55 Å². The van der Waals surface area contributed by atoms with E-state index in [9.17, 15) is 10.1 Å². The lowest BCUT2D eigenvalue weighted by Crippen LogP contribution is -1.99. The summed E-state index contributed by atoms with van der Waals surface area (Å²) in [4.78, 5) is 10.9. The van der Waals surface area contributed by atoms with Crippen LogP contribution in [-0.4, -0.2) is 15.2 Å². The van der Waals surface area contributed by atoms with Gasteiger partial charge in [-0.2, -0.15) is 0 Å². The number of rotatable bonds is 4. The van der Waals surface area contributed by atoms with Gasteiger partial charge in [0.05, 0.1) is 4.92 Å². The van der Waals surface area contributed by atoms with Crippen LogP contribution in [0.3, 0.4) is 0 Å². The van der Waals surface area contributed by atoms with Gasteiger partial charge in [-0.25, -0.2) is 4.63 Å². The summed E-state index contributed by atoms with van der Waals surface area (Å²) in [6.07, 6.45) is 1.10. The molecule has 0 saturated heterocycles. The minimum Gasteiger partial charge on any atom is -0.258 e. The molecule has 0 aliphatic rings. The van der Waals surface area contributed by atoms with Gasteiger partial charge in [-0.1, -0.05) is 23.7 Å². The molecule has 6 nitrogen and oxygen atoms in total. The van der Waals surface area contributed by atoms with Gasteiger partial charge in [0.25, 0.3) is 0 Å². The van der Waals surface area contributed by atoms with Crippen LogP contribution < -0.4 is 0 Å². The molecular formula is C15H12ClN3O3. The quantitative estimate of drug-likeness (QED) is 0.538. The van der Waals surface area contributed by atoms with Crippen LogP contribution in [0.2, 0.25) is 5.02 Å². The van der Waals surface area contributed by atoms with Crippen molar-refractivity contribution >= 4 is 28.3 Å². The molecule has 22 heavy (non-hydrogen) atoms. The fourth-order valence-electron chi connectivity index (χ4n) is 2.41. The standard InChI is InChI=1S/C15H12ClN3O3/c1-9-2-3-10(12(16)8-9)4-5-11-6-7-13-14(18-22-17-13)15(11)19(20)21/h2-3,6-8H,4-5H2,1H3. The van der Waals surface area contributed by atoms with E-state index < -0.39 is 4.92 Å². The summed E-state index contributed by atoms with van der Waals surface area (Å²) >= 11 is 6.20. The van der Waals surface area contributed by atoms with Crippen molar-refractivity contribution in [3.63, 3.8) is 0 Å². The minimum absolute atomic E-state index is 0.0537. The zero-order valence-electron chi connectivity index (χ0n) is 11.7. The fourth-order valence-corrected chi connectivity index (χ4v) is 2.74. The van der Waals surface area contributed by atoms with Gasteiger partial charge in [-0.05, 0) is 59.4 Å². The van der Waals surface area contributed by atoms with Crippen LogP contribution >= 0.6 is 11.6 Å². The molecule has 0 aliphatic carbocycles. The lowest BCUT2D eigenvalue weighted by molar-refractivity contribution is -0.384. The molecule has 0 unspecified atom stereocenters. The summed E-state index contributed by atoms with van der Waals surface area (Å²) in [6.45, 7) is 1.96. The lowest BCUT2D eigenvalue weighted by Gasteiger charge is -2.06. The summed E-state index contributed by atoms with van der Waals surface area (Å²) in [6, 6.07) is 9.16. The van der Waals surface area contributed by atoms with Crippen LogP contribution in [0.5, 0.6) is 0 Å². The summed E-state index contributed by atoms with van der Waals surface area (Å²) < 4.78 is 4.58. The Morgan fingerprint density at radius 3 is 2.64 bits per heavy atom. The first kappa shape index (κ1) is 14.5. The first-order valence-corrected chi connectivity index (χ1v) is 7.07. The molecule has 0 N–H and O–H groups in total. The molecule has 0 spiro atoms. The lowest BCUT2D eigenvalue weighted by atomic mass is 10.0. The van der Waals surface area contributed by atoms with Gasteiger partial charge in [0.1, 0.15) is 5.52 Å². The molecular weight excluding hydrogens is 306 g/mol. The van der Waals surface area contributed by atoms with E-state index in [1.54, 1.807) is 12.1 Å². The van der Waals surface area contributed by atoms with E-state index in [1.165, 1.54) is 0 Å². The number of nitro benzene ring substituents is 1. The number of halogens is 1. The van der Waals surface area contributed by atoms with Crippen LogP contribution in [0, 0.1) is 17.0 Å². The van der Waals surface area contributed by atoms with Crippen LogP contribution in [-0.2, 0) is 12.8 Å². The van der Waals surface area contributed by atoms with Gasteiger partial charge < -0.3 is 0 Å². The molecule has 0 atom stereocenters. The fraction of sp³-hybridized carbons (Fsp3) is 0.200. The maximum absolute atomic E-state index is 11.3. The molecule has 0 saturated carbocycles. The third-order valence-corrected chi connectivity index (χ3v) is 3.89. The number of nitrogens with zero attached hydrogens (tertiary/aromatic N) is 3. The molecule has 0 fully saturated rings. The number of benzene rings is 2. The van der Waals surface area contributed by atoms with Crippen molar-refractivity contribution in [1.82, 2.24) is 10.3 Å². The van der Waals surface area contributed by atoms with Crippen molar-refractivity contribution in [2.24, 2.45) is 0 Å². The third kappa shape index (κ3) is 2.65. The molecule has 0 bridgehead atoms. The van der Waals surface area contributed by atoms with Crippen LogP contribution in [0.15, 0.2) is 35.0 Å². The Morgan fingerprint density at radius 1 is 1.18 bits per heavy atom. The minimum atomic E-state index is -0.446. The van der Waals surface area contributed by atoms with E-state index in [2.05, 4.69) is 14.9 Å². The Bertz CT molecular complexity index is 860. The highest BCUT2D eigenvalue weighted by atomic mass is 35.5. The summed E-state index contributed by atoms with van der Waals surface area (Å²) in [7, 11) is 0. The van der Waals surface area contributed by atoms with Crippen molar-refractivity contribution in [2.45, 2.75) is 19.8 Å². The van der Waals surface area contributed by atoms with Gasteiger partial charge >= 0.3 is 5.69 Å². The van der Waals surface area contributed by atoms with Gasteiger partial charge in [0, 0.05) is 10.6 Å². The van der Waals surface area contributed by atoms with E-state index in [-0.39, 0.29) is 11.2 Å². The number of nitro groups is 1. The molecule has 112 valence electrons. The predicted molar refractivity (Wildman–Crippen MR) is 82.1 cm³/mol. The van der Waals surface area contributed by atoms with Crippen molar-refractivity contribution in [3.8, 4) is 0 Å². The summed E-state index contributed by atoms with van der Waals surface area (Å²) in [5.74, 6) is 0. The van der Waals surface area contributed by atoms with Crippen LogP contribution in [0.1, 0.15) is 16.7 Å². The normalized spacial score (nSPS) is 11.0. The Hall–Kier alpha value is -2.47. The Labute approximate surface area is 130 Å². The average molecular weight is 318 g/mol. The van der Waals surface area contributed by atoms with E-state index in [0.717, 1.165) is 11.1 Å². The van der Waals surface area contributed by atoms with Crippen molar-refractivity contribution in [2.75, 3.05) is 0 Å². The largest absolute Gasteiger partial charge is 0.303 e.